The van der Waals surface area contributed by atoms with Crippen molar-refractivity contribution < 1.29 is 29.8 Å². The molecule has 0 saturated heterocycles. The van der Waals surface area contributed by atoms with E-state index >= 15 is 0 Å². The van der Waals surface area contributed by atoms with Gasteiger partial charge in [0.1, 0.15) is 17.4 Å². The number of nitro groups is 1. The molecule has 11 nitrogen and oxygen atoms in total. The summed E-state index contributed by atoms with van der Waals surface area (Å²) in [5.41, 5.74) is -0.511. The number of aromatic carboxylic acids is 1. The minimum Gasteiger partial charge on any atom is -0.478 e. The molecule has 0 aliphatic heterocycles. The SMILES string of the molecule is Cn1ncc(C(=O)O)c1C(=O)N[C@H](CO)[C@@H](O)c1ccc([N+](=O)[O-])cc1. The number of aryl methyl sites for hydroxylation is 1. The van der Waals surface area contributed by atoms with Crippen LogP contribution in [0.3, 0.4) is 0 Å². The molecule has 2 aromatic rings. The van der Waals surface area contributed by atoms with Crippen LogP contribution < -0.4 is 5.32 Å². The second-order valence-electron chi connectivity index (χ2n) is 5.39. The molecule has 1 aromatic heterocycles. The lowest BCUT2D eigenvalue weighted by molar-refractivity contribution is -0.384. The average Bonchev–Trinajstić information content (AvgIpc) is 3.01. The highest BCUT2D eigenvalue weighted by molar-refractivity contribution is 6.03. The Morgan fingerprint density at radius 3 is 2.46 bits per heavy atom. The van der Waals surface area contributed by atoms with E-state index in [0.717, 1.165) is 10.9 Å². The highest BCUT2D eigenvalue weighted by Gasteiger charge is 2.27. The zero-order valence-electron chi connectivity index (χ0n) is 13.6. The van der Waals surface area contributed by atoms with E-state index in [1.54, 1.807) is 0 Å². The second-order valence-corrected chi connectivity index (χ2v) is 5.39. The fraction of sp³-hybridized carbons (Fsp3) is 0.267. The summed E-state index contributed by atoms with van der Waals surface area (Å²) in [4.78, 5) is 33.6. The molecular weight excluding hydrogens is 348 g/mol. The number of nitrogens with one attached hydrogen (secondary N) is 1. The maximum absolute atomic E-state index is 12.4. The predicted molar refractivity (Wildman–Crippen MR) is 86.6 cm³/mol. The largest absolute Gasteiger partial charge is 0.478 e. The highest BCUT2D eigenvalue weighted by atomic mass is 16.6. The van der Waals surface area contributed by atoms with Crippen LogP contribution in [0.15, 0.2) is 30.5 Å². The van der Waals surface area contributed by atoms with Gasteiger partial charge in [0, 0.05) is 19.2 Å². The third-order valence-electron chi connectivity index (χ3n) is 3.72. The summed E-state index contributed by atoms with van der Waals surface area (Å²) in [6.45, 7) is -0.649. The molecule has 0 saturated carbocycles. The van der Waals surface area contributed by atoms with Crippen molar-refractivity contribution in [2.75, 3.05) is 6.61 Å². The Morgan fingerprint density at radius 1 is 1.35 bits per heavy atom. The quantitative estimate of drug-likeness (QED) is 0.388. The number of amides is 1. The number of hydrogen-bond acceptors (Lipinski definition) is 7. The van der Waals surface area contributed by atoms with Crippen LogP contribution in [0.4, 0.5) is 5.69 Å². The molecule has 0 spiro atoms. The van der Waals surface area contributed by atoms with Crippen molar-refractivity contribution in [3.63, 3.8) is 0 Å². The lowest BCUT2D eigenvalue weighted by Gasteiger charge is -2.22. The fourth-order valence-corrected chi connectivity index (χ4v) is 2.35. The van der Waals surface area contributed by atoms with Crippen LogP contribution in [0.25, 0.3) is 0 Å². The van der Waals surface area contributed by atoms with Crippen molar-refractivity contribution in [3.8, 4) is 0 Å². The summed E-state index contributed by atoms with van der Waals surface area (Å²) in [6, 6.07) is 3.78. The Labute approximate surface area is 146 Å². The van der Waals surface area contributed by atoms with Crippen molar-refractivity contribution >= 4 is 17.6 Å². The number of carbonyl (C=O) groups is 2. The van der Waals surface area contributed by atoms with Crippen LogP contribution in [-0.2, 0) is 7.05 Å². The molecule has 2 rings (SSSR count). The number of non-ortho nitro benzene ring substituents is 1. The number of nitrogens with zero attached hydrogens (tertiary/aromatic N) is 3. The summed E-state index contributed by atoms with van der Waals surface area (Å²) >= 11 is 0. The maximum Gasteiger partial charge on any atom is 0.339 e. The highest BCUT2D eigenvalue weighted by Crippen LogP contribution is 2.21. The Kier molecular flexibility index (Phi) is 5.64. The Hall–Kier alpha value is -3.31. The number of aromatic nitrogens is 2. The first-order valence-corrected chi connectivity index (χ1v) is 7.35. The van der Waals surface area contributed by atoms with Gasteiger partial charge in [0.25, 0.3) is 11.6 Å². The Balaban J connectivity index is 2.20. The standard InChI is InChI=1S/C15H16N4O7/c1-18-12(10(6-16-18)15(23)24)14(22)17-11(7-20)13(21)8-2-4-9(5-3-8)19(25)26/h2-6,11,13,20-21H,7H2,1H3,(H,17,22)(H,23,24)/t11-,13+/m1/s1. The number of carbonyl (C=O) groups excluding carboxylic acids is 1. The van der Waals surface area contributed by atoms with Crippen molar-refractivity contribution in [2.24, 2.45) is 7.05 Å². The number of aliphatic hydroxyl groups is 2. The van der Waals surface area contributed by atoms with E-state index in [4.69, 9.17) is 5.11 Å². The van der Waals surface area contributed by atoms with Gasteiger partial charge in [-0.15, -0.1) is 0 Å². The number of nitro benzene ring substituents is 1. The molecule has 1 amide bonds. The summed E-state index contributed by atoms with van der Waals surface area (Å²) in [6.07, 6.45) is -0.357. The van der Waals surface area contributed by atoms with Crippen molar-refractivity contribution in [2.45, 2.75) is 12.1 Å². The Bertz CT molecular complexity index is 831. The zero-order valence-corrected chi connectivity index (χ0v) is 13.6. The molecule has 0 bridgehead atoms. The third-order valence-corrected chi connectivity index (χ3v) is 3.72. The van der Waals surface area contributed by atoms with Gasteiger partial charge in [0.2, 0.25) is 0 Å². The van der Waals surface area contributed by atoms with E-state index in [1.165, 1.54) is 31.3 Å². The molecule has 0 radical (unpaired) electrons. The monoisotopic (exact) mass is 364 g/mol. The normalized spacial score (nSPS) is 13.0. The molecule has 0 unspecified atom stereocenters. The van der Waals surface area contributed by atoms with Gasteiger partial charge in [0.15, 0.2) is 0 Å². The molecule has 11 heteroatoms. The first-order valence-electron chi connectivity index (χ1n) is 7.35. The summed E-state index contributed by atoms with van der Waals surface area (Å²) in [5.74, 6) is -2.19. The Morgan fingerprint density at radius 2 is 1.96 bits per heavy atom. The minimum absolute atomic E-state index is 0.175. The fourth-order valence-electron chi connectivity index (χ4n) is 2.35. The molecule has 0 fully saturated rings. The summed E-state index contributed by atoms with van der Waals surface area (Å²) in [5, 5.41) is 45.6. The van der Waals surface area contributed by atoms with Gasteiger partial charge in [-0.2, -0.15) is 5.10 Å². The van der Waals surface area contributed by atoms with E-state index in [9.17, 15) is 29.9 Å². The second kappa shape index (κ2) is 7.72. The lowest BCUT2D eigenvalue weighted by Crippen LogP contribution is -2.43. The van der Waals surface area contributed by atoms with Crippen molar-refractivity contribution in [1.82, 2.24) is 15.1 Å². The predicted octanol–water partition coefficient (Wildman–Crippen LogP) is -0.149. The first-order chi connectivity index (χ1) is 12.3. The molecular formula is C15H16N4O7. The number of carboxylic acid groups (broad SMARTS) is 1. The lowest BCUT2D eigenvalue weighted by atomic mass is 10.0. The van der Waals surface area contributed by atoms with Crippen LogP contribution in [-0.4, -0.2) is 54.5 Å². The van der Waals surface area contributed by atoms with Gasteiger partial charge in [-0.1, -0.05) is 0 Å². The van der Waals surface area contributed by atoms with Gasteiger partial charge in [-0.05, 0) is 17.7 Å². The topological polar surface area (TPSA) is 168 Å². The van der Waals surface area contributed by atoms with E-state index in [0.29, 0.717) is 0 Å². The van der Waals surface area contributed by atoms with E-state index < -0.39 is 35.6 Å². The molecule has 0 aliphatic carbocycles. The van der Waals surface area contributed by atoms with Crippen LogP contribution >= 0.6 is 0 Å². The molecule has 1 heterocycles. The molecule has 1 aromatic carbocycles. The van der Waals surface area contributed by atoms with Gasteiger partial charge < -0.3 is 20.6 Å². The number of hydrogen-bond donors (Lipinski definition) is 4. The average molecular weight is 364 g/mol. The van der Waals surface area contributed by atoms with Crippen molar-refractivity contribution in [3.05, 3.63) is 57.4 Å². The van der Waals surface area contributed by atoms with E-state index in [2.05, 4.69) is 10.4 Å². The van der Waals surface area contributed by atoms with Crippen molar-refractivity contribution in [1.29, 1.82) is 0 Å². The number of carboxylic acids is 1. The van der Waals surface area contributed by atoms with Crippen LogP contribution in [0.5, 0.6) is 0 Å². The molecule has 138 valence electrons. The summed E-state index contributed by atoms with van der Waals surface area (Å²) < 4.78 is 1.06. The smallest absolute Gasteiger partial charge is 0.339 e. The molecule has 2 atom stereocenters. The third kappa shape index (κ3) is 3.84. The van der Waals surface area contributed by atoms with E-state index in [-0.39, 0.29) is 22.5 Å². The molecule has 4 N–H and O–H groups in total. The van der Waals surface area contributed by atoms with Gasteiger partial charge in [-0.3, -0.25) is 19.6 Å². The van der Waals surface area contributed by atoms with Crippen LogP contribution in [0, 0.1) is 10.1 Å². The number of benzene rings is 1. The molecule has 26 heavy (non-hydrogen) atoms. The molecule has 0 aliphatic rings. The van der Waals surface area contributed by atoms with Crippen LogP contribution in [0.1, 0.15) is 32.5 Å². The van der Waals surface area contributed by atoms with Gasteiger partial charge in [-0.25, -0.2) is 4.79 Å². The first kappa shape index (κ1) is 19.0. The van der Waals surface area contributed by atoms with E-state index in [1.807, 2.05) is 0 Å². The maximum atomic E-state index is 12.4. The number of rotatable bonds is 7. The summed E-state index contributed by atoms with van der Waals surface area (Å²) in [7, 11) is 1.38. The van der Waals surface area contributed by atoms with Gasteiger partial charge >= 0.3 is 5.97 Å². The minimum atomic E-state index is -1.37. The van der Waals surface area contributed by atoms with Gasteiger partial charge in [0.05, 0.1) is 23.8 Å². The zero-order chi connectivity index (χ0) is 19.4. The number of aliphatic hydroxyl groups excluding tert-OH is 2. The van der Waals surface area contributed by atoms with Crippen LogP contribution in [0.2, 0.25) is 0 Å².